The Morgan fingerprint density at radius 3 is 2.74 bits per heavy atom. The second-order valence-corrected chi connectivity index (χ2v) is 4.41. The van der Waals surface area contributed by atoms with Crippen molar-refractivity contribution in [3.63, 3.8) is 0 Å². The number of carbonyl (C=O) groups excluding carboxylic acids is 2. The van der Waals surface area contributed by atoms with Gasteiger partial charge in [0.1, 0.15) is 0 Å². The molecule has 0 aromatic heterocycles. The number of carboxylic acids is 1. The lowest BCUT2D eigenvalue weighted by Crippen LogP contribution is -2.30. The zero-order chi connectivity index (χ0) is 13.8. The Morgan fingerprint density at radius 1 is 1.37 bits per heavy atom. The maximum absolute atomic E-state index is 11.8. The van der Waals surface area contributed by atoms with Gasteiger partial charge in [-0.05, 0) is 18.6 Å². The number of hydrogen-bond donors (Lipinski definition) is 3. The standard InChI is InChI=1S/C13H14N2O4/c16-11-6-5-8(14-11)7-12(17)15-10-4-2-1-3-9(10)13(18)19/h1-4,8H,5-7H2,(H,14,16)(H,15,17)(H,18,19). The molecule has 0 bridgehead atoms. The van der Waals surface area contributed by atoms with E-state index in [1.54, 1.807) is 12.1 Å². The van der Waals surface area contributed by atoms with Gasteiger partial charge < -0.3 is 15.7 Å². The molecule has 0 spiro atoms. The topological polar surface area (TPSA) is 95.5 Å². The number of nitrogens with one attached hydrogen (secondary N) is 2. The highest BCUT2D eigenvalue weighted by atomic mass is 16.4. The SMILES string of the molecule is O=C(CC1CCC(=O)N1)Nc1ccccc1C(=O)O. The Hall–Kier alpha value is -2.37. The predicted molar refractivity (Wildman–Crippen MR) is 67.8 cm³/mol. The Morgan fingerprint density at radius 2 is 2.11 bits per heavy atom. The molecule has 1 aromatic carbocycles. The summed E-state index contributed by atoms with van der Waals surface area (Å²) in [5.74, 6) is -1.45. The van der Waals surface area contributed by atoms with Gasteiger partial charge in [0.15, 0.2) is 0 Å². The predicted octanol–water partition coefficient (Wildman–Crippen LogP) is 0.992. The molecular formula is C13H14N2O4. The minimum Gasteiger partial charge on any atom is -0.478 e. The molecule has 6 nitrogen and oxygen atoms in total. The van der Waals surface area contributed by atoms with E-state index in [2.05, 4.69) is 10.6 Å². The average molecular weight is 262 g/mol. The Bertz CT molecular complexity index is 527. The first-order valence-corrected chi connectivity index (χ1v) is 5.98. The number of rotatable bonds is 4. The number of aromatic carboxylic acids is 1. The number of amides is 2. The number of para-hydroxylation sites is 1. The molecule has 2 rings (SSSR count). The van der Waals surface area contributed by atoms with Crippen LogP contribution >= 0.6 is 0 Å². The van der Waals surface area contributed by atoms with Gasteiger partial charge in [0.2, 0.25) is 11.8 Å². The van der Waals surface area contributed by atoms with Crippen molar-refractivity contribution in [2.75, 3.05) is 5.32 Å². The van der Waals surface area contributed by atoms with Crippen molar-refractivity contribution in [3.8, 4) is 0 Å². The summed E-state index contributed by atoms with van der Waals surface area (Å²) in [5, 5.41) is 14.2. The van der Waals surface area contributed by atoms with Crippen LogP contribution in [0.1, 0.15) is 29.6 Å². The van der Waals surface area contributed by atoms with Crippen molar-refractivity contribution < 1.29 is 19.5 Å². The molecule has 1 atom stereocenters. The average Bonchev–Trinajstić information content (AvgIpc) is 2.75. The Balaban J connectivity index is 1.99. The number of carbonyl (C=O) groups is 3. The molecule has 1 aliphatic heterocycles. The van der Waals surface area contributed by atoms with Gasteiger partial charge in [-0.15, -0.1) is 0 Å². The van der Waals surface area contributed by atoms with Crippen molar-refractivity contribution >= 4 is 23.5 Å². The highest BCUT2D eigenvalue weighted by Crippen LogP contribution is 2.16. The van der Waals surface area contributed by atoms with E-state index in [0.29, 0.717) is 12.8 Å². The molecular weight excluding hydrogens is 248 g/mol. The molecule has 6 heteroatoms. The van der Waals surface area contributed by atoms with E-state index in [1.165, 1.54) is 12.1 Å². The molecule has 100 valence electrons. The van der Waals surface area contributed by atoms with Gasteiger partial charge in [-0.25, -0.2) is 4.79 Å². The van der Waals surface area contributed by atoms with Gasteiger partial charge in [0, 0.05) is 18.9 Å². The van der Waals surface area contributed by atoms with E-state index in [4.69, 9.17) is 5.11 Å². The van der Waals surface area contributed by atoms with Crippen LogP contribution in [-0.2, 0) is 9.59 Å². The molecule has 2 amide bonds. The van der Waals surface area contributed by atoms with E-state index in [-0.39, 0.29) is 35.5 Å². The third kappa shape index (κ3) is 3.31. The first-order valence-electron chi connectivity index (χ1n) is 5.98. The number of carboxylic acid groups (broad SMARTS) is 1. The molecule has 0 saturated carbocycles. The minimum atomic E-state index is -1.09. The molecule has 1 heterocycles. The quantitative estimate of drug-likeness (QED) is 0.754. The lowest BCUT2D eigenvalue weighted by Gasteiger charge is -2.11. The lowest BCUT2D eigenvalue weighted by atomic mass is 10.1. The normalized spacial score (nSPS) is 17.9. The summed E-state index contributed by atoms with van der Waals surface area (Å²) in [7, 11) is 0. The summed E-state index contributed by atoms with van der Waals surface area (Å²) in [6.45, 7) is 0. The number of anilines is 1. The first kappa shape index (κ1) is 13.1. The molecule has 19 heavy (non-hydrogen) atoms. The Kier molecular flexibility index (Phi) is 3.79. The molecule has 0 aliphatic carbocycles. The van der Waals surface area contributed by atoms with Crippen LogP contribution in [0, 0.1) is 0 Å². The number of benzene rings is 1. The van der Waals surface area contributed by atoms with Crippen LogP contribution in [-0.4, -0.2) is 28.9 Å². The molecule has 1 aromatic rings. The van der Waals surface area contributed by atoms with Gasteiger partial charge in [0.05, 0.1) is 11.3 Å². The zero-order valence-corrected chi connectivity index (χ0v) is 10.2. The smallest absolute Gasteiger partial charge is 0.337 e. The van der Waals surface area contributed by atoms with Gasteiger partial charge in [-0.1, -0.05) is 12.1 Å². The molecule has 1 unspecified atom stereocenters. The van der Waals surface area contributed by atoms with Crippen molar-refractivity contribution in [3.05, 3.63) is 29.8 Å². The summed E-state index contributed by atoms with van der Waals surface area (Å²) in [5.41, 5.74) is 0.315. The first-order chi connectivity index (χ1) is 9.06. The highest BCUT2D eigenvalue weighted by Gasteiger charge is 2.23. The van der Waals surface area contributed by atoms with E-state index < -0.39 is 5.97 Å². The summed E-state index contributed by atoms with van der Waals surface area (Å²) < 4.78 is 0. The molecule has 1 aliphatic rings. The van der Waals surface area contributed by atoms with Crippen molar-refractivity contribution in [1.29, 1.82) is 0 Å². The molecule has 0 radical (unpaired) electrons. The second kappa shape index (κ2) is 5.51. The van der Waals surface area contributed by atoms with Crippen molar-refractivity contribution in [1.82, 2.24) is 5.32 Å². The fraction of sp³-hybridized carbons (Fsp3) is 0.308. The van der Waals surface area contributed by atoms with E-state index in [1.807, 2.05) is 0 Å². The fourth-order valence-corrected chi connectivity index (χ4v) is 2.03. The van der Waals surface area contributed by atoms with Gasteiger partial charge in [-0.2, -0.15) is 0 Å². The highest BCUT2D eigenvalue weighted by molar-refractivity contribution is 6.00. The number of hydrogen-bond acceptors (Lipinski definition) is 3. The van der Waals surface area contributed by atoms with E-state index in [9.17, 15) is 14.4 Å². The minimum absolute atomic E-state index is 0.0475. The third-order valence-electron chi connectivity index (χ3n) is 2.95. The molecule has 1 saturated heterocycles. The van der Waals surface area contributed by atoms with E-state index >= 15 is 0 Å². The monoisotopic (exact) mass is 262 g/mol. The van der Waals surface area contributed by atoms with Crippen LogP contribution in [0.15, 0.2) is 24.3 Å². The van der Waals surface area contributed by atoms with Gasteiger partial charge >= 0.3 is 5.97 Å². The summed E-state index contributed by atoms with van der Waals surface area (Å²) in [4.78, 5) is 33.8. The van der Waals surface area contributed by atoms with Crippen molar-refractivity contribution in [2.24, 2.45) is 0 Å². The van der Waals surface area contributed by atoms with E-state index in [0.717, 1.165) is 0 Å². The van der Waals surface area contributed by atoms with Gasteiger partial charge in [0.25, 0.3) is 0 Å². The molecule has 1 fully saturated rings. The fourth-order valence-electron chi connectivity index (χ4n) is 2.03. The molecule has 3 N–H and O–H groups in total. The lowest BCUT2D eigenvalue weighted by molar-refractivity contribution is -0.119. The summed E-state index contributed by atoms with van der Waals surface area (Å²) >= 11 is 0. The van der Waals surface area contributed by atoms with Crippen molar-refractivity contribution in [2.45, 2.75) is 25.3 Å². The summed E-state index contributed by atoms with van der Waals surface area (Å²) in [6, 6.07) is 6.05. The van der Waals surface area contributed by atoms with Gasteiger partial charge in [-0.3, -0.25) is 9.59 Å². The largest absolute Gasteiger partial charge is 0.478 e. The summed E-state index contributed by atoms with van der Waals surface area (Å²) in [6.07, 6.45) is 1.22. The maximum atomic E-state index is 11.8. The van der Waals surface area contributed by atoms with Crippen LogP contribution in [0.4, 0.5) is 5.69 Å². The van der Waals surface area contributed by atoms with Crippen LogP contribution in [0.2, 0.25) is 0 Å². The zero-order valence-electron chi connectivity index (χ0n) is 10.2. The second-order valence-electron chi connectivity index (χ2n) is 4.41. The van der Waals surface area contributed by atoms with Crippen LogP contribution < -0.4 is 10.6 Å². The third-order valence-corrected chi connectivity index (χ3v) is 2.95. The maximum Gasteiger partial charge on any atom is 0.337 e. The van der Waals surface area contributed by atoms with Crippen LogP contribution in [0.3, 0.4) is 0 Å². The van der Waals surface area contributed by atoms with Crippen LogP contribution in [0.5, 0.6) is 0 Å². The Labute approximate surface area is 109 Å². The van der Waals surface area contributed by atoms with Crippen LogP contribution in [0.25, 0.3) is 0 Å².